The summed E-state index contributed by atoms with van der Waals surface area (Å²) in [6, 6.07) is 1.65. The number of hydrogen-bond acceptors (Lipinski definition) is 3. The van der Waals surface area contributed by atoms with E-state index in [1.54, 1.807) is 0 Å². The highest BCUT2D eigenvalue weighted by molar-refractivity contribution is 4.89. The molecular weight excluding hydrogens is 258 g/mol. The largest absolute Gasteiger partial charge is 0.314 e. The zero-order valence-corrected chi connectivity index (χ0v) is 14.0. The van der Waals surface area contributed by atoms with Crippen LogP contribution in [0.1, 0.15) is 58.3 Å². The third-order valence-electron chi connectivity index (χ3n) is 6.02. The molecule has 0 amide bonds. The molecule has 3 fully saturated rings. The van der Waals surface area contributed by atoms with Gasteiger partial charge < -0.3 is 10.2 Å². The Morgan fingerprint density at radius 3 is 2.52 bits per heavy atom. The Morgan fingerprint density at radius 1 is 0.905 bits per heavy atom. The van der Waals surface area contributed by atoms with Crippen molar-refractivity contribution in [2.75, 3.05) is 39.3 Å². The lowest BCUT2D eigenvalue weighted by atomic mass is 9.94. The van der Waals surface area contributed by atoms with Gasteiger partial charge in [-0.1, -0.05) is 26.2 Å². The molecule has 21 heavy (non-hydrogen) atoms. The van der Waals surface area contributed by atoms with E-state index < -0.39 is 0 Å². The standard InChI is InChI=1S/C18H35N3/c1-2-19-18-9-5-3-4-8-16(18)14-20-13-10-17(15-20)21-11-6-7-12-21/h16-19H,2-15H2,1H3. The Kier molecular flexibility index (Phi) is 5.96. The van der Waals surface area contributed by atoms with E-state index in [1.807, 2.05) is 0 Å². The van der Waals surface area contributed by atoms with Crippen LogP contribution in [0.4, 0.5) is 0 Å². The van der Waals surface area contributed by atoms with Gasteiger partial charge in [0.15, 0.2) is 0 Å². The van der Waals surface area contributed by atoms with Crippen LogP contribution in [0.25, 0.3) is 0 Å². The predicted molar refractivity (Wildman–Crippen MR) is 89.7 cm³/mol. The van der Waals surface area contributed by atoms with E-state index >= 15 is 0 Å². The second kappa shape index (κ2) is 7.94. The average Bonchev–Trinajstić information content (AvgIpc) is 3.11. The maximum absolute atomic E-state index is 3.78. The van der Waals surface area contributed by atoms with E-state index in [4.69, 9.17) is 0 Å². The minimum absolute atomic E-state index is 0.781. The first-order valence-electron chi connectivity index (χ1n) is 9.56. The molecule has 3 aliphatic rings. The summed E-state index contributed by atoms with van der Waals surface area (Å²) in [5.41, 5.74) is 0. The van der Waals surface area contributed by atoms with Gasteiger partial charge in [-0.15, -0.1) is 0 Å². The molecule has 1 saturated carbocycles. The fraction of sp³-hybridized carbons (Fsp3) is 1.00. The summed E-state index contributed by atoms with van der Waals surface area (Å²) in [5.74, 6) is 0.893. The molecule has 0 aromatic carbocycles. The molecule has 0 aromatic rings. The van der Waals surface area contributed by atoms with E-state index in [1.165, 1.54) is 84.1 Å². The summed E-state index contributed by atoms with van der Waals surface area (Å²) < 4.78 is 0. The highest BCUT2D eigenvalue weighted by Gasteiger charge is 2.32. The number of nitrogens with zero attached hydrogens (tertiary/aromatic N) is 2. The van der Waals surface area contributed by atoms with Crippen LogP contribution in [0.3, 0.4) is 0 Å². The van der Waals surface area contributed by atoms with Gasteiger partial charge in [-0.05, 0) is 64.2 Å². The molecule has 0 bridgehead atoms. The highest BCUT2D eigenvalue weighted by atomic mass is 15.3. The smallest absolute Gasteiger partial charge is 0.0235 e. The van der Waals surface area contributed by atoms with Crippen molar-refractivity contribution in [1.29, 1.82) is 0 Å². The summed E-state index contributed by atoms with van der Waals surface area (Å²) in [6.07, 6.45) is 11.5. The first-order chi connectivity index (χ1) is 10.4. The quantitative estimate of drug-likeness (QED) is 0.786. The molecular formula is C18H35N3. The van der Waals surface area contributed by atoms with Gasteiger partial charge in [0, 0.05) is 25.2 Å². The number of hydrogen-bond donors (Lipinski definition) is 1. The van der Waals surface area contributed by atoms with Crippen molar-refractivity contribution in [3.8, 4) is 0 Å². The van der Waals surface area contributed by atoms with Gasteiger partial charge in [0.1, 0.15) is 0 Å². The van der Waals surface area contributed by atoms with Crippen LogP contribution in [0.15, 0.2) is 0 Å². The third kappa shape index (κ3) is 4.20. The van der Waals surface area contributed by atoms with Crippen molar-refractivity contribution in [1.82, 2.24) is 15.1 Å². The minimum atomic E-state index is 0.781. The molecule has 1 aliphatic carbocycles. The van der Waals surface area contributed by atoms with Crippen molar-refractivity contribution in [3.05, 3.63) is 0 Å². The van der Waals surface area contributed by atoms with E-state index in [9.17, 15) is 0 Å². The second-order valence-electron chi connectivity index (χ2n) is 7.51. The SMILES string of the molecule is CCNC1CCCCCC1CN1CCC(N2CCCC2)C1. The Hall–Kier alpha value is -0.120. The molecule has 2 aliphatic heterocycles. The Balaban J connectivity index is 1.50. The van der Waals surface area contributed by atoms with E-state index in [0.717, 1.165) is 24.5 Å². The lowest BCUT2D eigenvalue weighted by molar-refractivity contribution is 0.197. The summed E-state index contributed by atoms with van der Waals surface area (Å²) in [5, 5.41) is 3.78. The van der Waals surface area contributed by atoms with Crippen LogP contribution in [-0.2, 0) is 0 Å². The van der Waals surface area contributed by atoms with Crippen LogP contribution in [0.2, 0.25) is 0 Å². The van der Waals surface area contributed by atoms with Crippen LogP contribution in [0, 0.1) is 5.92 Å². The monoisotopic (exact) mass is 293 g/mol. The first-order valence-corrected chi connectivity index (χ1v) is 9.56. The molecule has 122 valence electrons. The molecule has 2 heterocycles. The summed E-state index contributed by atoms with van der Waals surface area (Å²) >= 11 is 0. The van der Waals surface area contributed by atoms with Gasteiger partial charge in [-0.25, -0.2) is 0 Å². The van der Waals surface area contributed by atoms with Crippen LogP contribution in [0.5, 0.6) is 0 Å². The topological polar surface area (TPSA) is 18.5 Å². The van der Waals surface area contributed by atoms with Crippen LogP contribution < -0.4 is 5.32 Å². The predicted octanol–water partition coefficient (Wildman–Crippen LogP) is 2.71. The van der Waals surface area contributed by atoms with Gasteiger partial charge in [0.25, 0.3) is 0 Å². The fourth-order valence-electron chi connectivity index (χ4n) is 4.85. The van der Waals surface area contributed by atoms with Crippen LogP contribution >= 0.6 is 0 Å². The molecule has 3 nitrogen and oxygen atoms in total. The van der Waals surface area contributed by atoms with Gasteiger partial charge in [0.2, 0.25) is 0 Å². The summed E-state index contributed by atoms with van der Waals surface area (Å²) in [6.45, 7) is 10.2. The zero-order chi connectivity index (χ0) is 14.5. The molecule has 0 radical (unpaired) electrons. The molecule has 1 N–H and O–H groups in total. The molecule has 0 spiro atoms. The summed E-state index contributed by atoms with van der Waals surface area (Å²) in [4.78, 5) is 5.54. The molecule has 3 atom stereocenters. The zero-order valence-electron chi connectivity index (χ0n) is 14.0. The van der Waals surface area contributed by atoms with E-state index in [0.29, 0.717) is 0 Å². The van der Waals surface area contributed by atoms with Crippen molar-refractivity contribution in [2.24, 2.45) is 5.92 Å². The van der Waals surface area contributed by atoms with E-state index in [2.05, 4.69) is 22.0 Å². The Morgan fingerprint density at radius 2 is 1.71 bits per heavy atom. The number of nitrogens with one attached hydrogen (secondary N) is 1. The lowest BCUT2D eigenvalue weighted by Crippen LogP contribution is -2.42. The number of likely N-dealkylation sites (tertiary alicyclic amines) is 2. The lowest BCUT2D eigenvalue weighted by Gasteiger charge is -2.30. The van der Waals surface area contributed by atoms with Crippen molar-refractivity contribution < 1.29 is 0 Å². The molecule has 0 aromatic heterocycles. The summed E-state index contributed by atoms with van der Waals surface area (Å²) in [7, 11) is 0. The Labute approximate surface area is 131 Å². The van der Waals surface area contributed by atoms with Crippen LogP contribution in [-0.4, -0.2) is 61.2 Å². The van der Waals surface area contributed by atoms with E-state index in [-0.39, 0.29) is 0 Å². The highest BCUT2D eigenvalue weighted by Crippen LogP contribution is 2.27. The minimum Gasteiger partial charge on any atom is -0.314 e. The molecule has 3 rings (SSSR count). The average molecular weight is 293 g/mol. The normalized spacial score (nSPS) is 36.1. The molecule has 3 heteroatoms. The van der Waals surface area contributed by atoms with Gasteiger partial charge in [-0.3, -0.25) is 4.90 Å². The molecule has 2 saturated heterocycles. The maximum Gasteiger partial charge on any atom is 0.0235 e. The van der Waals surface area contributed by atoms with Gasteiger partial charge >= 0.3 is 0 Å². The maximum atomic E-state index is 3.78. The van der Waals surface area contributed by atoms with Crippen molar-refractivity contribution in [2.45, 2.75) is 70.4 Å². The van der Waals surface area contributed by atoms with Crippen molar-refractivity contribution >= 4 is 0 Å². The second-order valence-corrected chi connectivity index (χ2v) is 7.51. The first kappa shape index (κ1) is 15.8. The van der Waals surface area contributed by atoms with Crippen molar-refractivity contribution in [3.63, 3.8) is 0 Å². The third-order valence-corrected chi connectivity index (χ3v) is 6.02. The Bertz CT molecular complexity index is 301. The van der Waals surface area contributed by atoms with Gasteiger partial charge in [-0.2, -0.15) is 0 Å². The molecule has 3 unspecified atom stereocenters. The number of rotatable bonds is 5. The van der Waals surface area contributed by atoms with Gasteiger partial charge in [0.05, 0.1) is 0 Å². The fourth-order valence-corrected chi connectivity index (χ4v) is 4.85.